The number of anilines is 1. The second-order valence-corrected chi connectivity index (χ2v) is 5.10. The fraction of sp³-hybridized carbons (Fsp3) is 0.571. The van der Waals surface area contributed by atoms with Crippen molar-refractivity contribution in [2.45, 2.75) is 18.7 Å². The minimum absolute atomic E-state index is 0.206. The van der Waals surface area contributed by atoms with Gasteiger partial charge in [-0.3, -0.25) is 0 Å². The largest absolute Gasteiger partial charge is 0.384 e. The number of methoxy groups -OCH3 is 1. The Kier molecular flexibility index (Phi) is 4.84. The Morgan fingerprint density at radius 2 is 2.06 bits per heavy atom. The van der Waals surface area contributed by atoms with E-state index in [2.05, 4.69) is 4.90 Å². The van der Waals surface area contributed by atoms with Crippen LogP contribution in [-0.4, -0.2) is 26.8 Å². The lowest BCUT2D eigenvalue weighted by Gasteiger charge is -2.33. The molecule has 0 atom stereocenters. The van der Waals surface area contributed by atoms with E-state index in [1.165, 1.54) is 6.07 Å². The zero-order valence-corrected chi connectivity index (χ0v) is 11.4. The summed E-state index contributed by atoms with van der Waals surface area (Å²) >= 11 is 5.77. The first-order valence-corrected chi connectivity index (χ1v) is 6.85. The molecule has 1 aromatic carbocycles. The third-order valence-corrected chi connectivity index (χ3v) is 3.79. The molecule has 0 N–H and O–H groups in total. The second-order valence-electron chi connectivity index (χ2n) is 4.84. The number of hydrogen-bond donors (Lipinski definition) is 0. The summed E-state index contributed by atoms with van der Waals surface area (Å²) in [4.78, 5) is 2.23. The molecule has 0 bridgehead atoms. The van der Waals surface area contributed by atoms with Gasteiger partial charge in [0, 0.05) is 38.4 Å². The maximum absolute atomic E-state index is 13.5. The summed E-state index contributed by atoms with van der Waals surface area (Å²) in [5, 5.41) is 0. The van der Waals surface area contributed by atoms with Crippen LogP contribution in [0.2, 0.25) is 0 Å². The first-order valence-electron chi connectivity index (χ1n) is 6.32. The molecule has 0 radical (unpaired) electrons. The van der Waals surface area contributed by atoms with Crippen LogP contribution in [0.5, 0.6) is 0 Å². The van der Waals surface area contributed by atoms with E-state index in [4.69, 9.17) is 16.3 Å². The van der Waals surface area contributed by atoms with Crippen LogP contribution >= 0.6 is 11.6 Å². The van der Waals surface area contributed by atoms with Gasteiger partial charge in [0.05, 0.1) is 0 Å². The molecule has 1 saturated heterocycles. The van der Waals surface area contributed by atoms with E-state index >= 15 is 0 Å². The number of nitrogens with zero attached hydrogens (tertiary/aromatic N) is 1. The van der Waals surface area contributed by atoms with Crippen LogP contribution in [0, 0.1) is 11.7 Å². The molecule has 0 spiro atoms. The Bertz CT molecular complexity index is 391. The van der Waals surface area contributed by atoms with Crippen LogP contribution in [0.4, 0.5) is 10.1 Å². The molecular formula is C14H19ClFNO. The van der Waals surface area contributed by atoms with E-state index in [0.717, 1.165) is 43.8 Å². The van der Waals surface area contributed by atoms with Crippen molar-refractivity contribution in [3.05, 3.63) is 29.6 Å². The highest BCUT2D eigenvalue weighted by Gasteiger charge is 2.19. The molecule has 2 rings (SSSR count). The smallest absolute Gasteiger partial charge is 0.125 e. The highest BCUT2D eigenvalue weighted by atomic mass is 35.5. The van der Waals surface area contributed by atoms with Gasteiger partial charge in [0.25, 0.3) is 0 Å². The van der Waals surface area contributed by atoms with Gasteiger partial charge in [-0.15, -0.1) is 11.6 Å². The normalized spacial score (nSPS) is 17.2. The van der Waals surface area contributed by atoms with Crippen molar-refractivity contribution in [3.8, 4) is 0 Å². The van der Waals surface area contributed by atoms with Gasteiger partial charge in [0.15, 0.2) is 0 Å². The lowest BCUT2D eigenvalue weighted by atomic mass is 9.97. The average molecular weight is 272 g/mol. The van der Waals surface area contributed by atoms with E-state index in [9.17, 15) is 4.39 Å². The summed E-state index contributed by atoms with van der Waals surface area (Å²) in [5.74, 6) is 0.778. The van der Waals surface area contributed by atoms with Gasteiger partial charge in [-0.25, -0.2) is 4.39 Å². The second kappa shape index (κ2) is 6.39. The van der Waals surface area contributed by atoms with Gasteiger partial charge in [0.2, 0.25) is 0 Å². The van der Waals surface area contributed by atoms with Crippen LogP contribution in [0.25, 0.3) is 0 Å². The lowest BCUT2D eigenvalue weighted by Crippen LogP contribution is -2.35. The SMILES string of the molecule is COCC1CCN(c2cc(F)cc(CCl)c2)CC1. The van der Waals surface area contributed by atoms with Crippen LogP contribution < -0.4 is 4.90 Å². The zero-order chi connectivity index (χ0) is 13.0. The zero-order valence-electron chi connectivity index (χ0n) is 10.7. The standard InChI is InChI=1S/C14H19ClFNO/c1-18-10-11-2-4-17(5-3-11)14-7-12(9-15)6-13(16)8-14/h6-8,11H,2-5,9-10H2,1H3. The molecule has 0 amide bonds. The Labute approximate surface area is 113 Å². The van der Waals surface area contributed by atoms with Gasteiger partial charge in [-0.2, -0.15) is 0 Å². The van der Waals surface area contributed by atoms with Crippen LogP contribution in [0.3, 0.4) is 0 Å². The molecule has 1 fully saturated rings. The summed E-state index contributed by atoms with van der Waals surface area (Å²) in [6, 6.07) is 5.06. The van der Waals surface area contributed by atoms with E-state index < -0.39 is 0 Å². The molecule has 2 nitrogen and oxygen atoms in total. The van der Waals surface area contributed by atoms with Crippen molar-refractivity contribution in [1.82, 2.24) is 0 Å². The lowest BCUT2D eigenvalue weighted by molar-refractivity contribution is 0.139. The quantitative estimate of drug-likeness (QED) is 0.778. The maximum atomic E-state index is 13.5. The van der Waals surface area contributed by atoms with E-state index in [1.54, 1.807) is 13.2 Å². The van der Waals surface area contributed by atoms with Crippen LogP contribution in [-0.2, 0) is 10.6 Å². The maximum Gasteiger partial charge on any atom is 0.125 e. The van der Waals surface area contributed by atoms with Crippen LogP contribution in [0.1, 0.15) is 18.4 Å². The molecule has 0 aromatic heterocycles. The Hall–Kier alpha value is -0.800. The number of hydrogen-bond acceptors (Lipinski definition) is 2. The molecule has 0 aliphatic carbocycles. The van der Waals surface area contributed by atoms with Gasteiger partial charge >= 0.3 is 0 Å². The van der Waals surface area contributed by atoms with Gasteiger partial charge in [-0.1, -0.05) is 0 Å². The van der Waals surface area contributed by atoms with E-state index in [1.807, 2.05) is 6.07 Å². The topological polar surface area (TPSA) is 12.5 Å². The average Bonchev–Trinajstić information content (AvgIpc) is 2.39. The van der Waals surface area contributed by atoms with Crippen molar-refractivity contribution in [3.63, 3.8) is 0 Å². The summed E-state index contributed by atoms with van der Waals surface area (Å²) in [7, 11) is 1.74. The number of alkyl halides is 1. The molecular weight excluding hydrogens is 253 g/mol. The molecule has 0 saturated carbocycles. The van der Waals surface area contributed by atoms with E-state index in [-0.39, 0.29) is 5.82 Å². The predicted octanol–water partition coefficient (Wildman–Crippen LogP) is 3.43. The minimum atomic E-state index is -0.206. The summed E-state index contributed by atoms with van der Waals surface area (Å²) in [5.41, 5.74) is 1.78. The first kappa shape index (κ1) is 13.6. The summed E-state index contributed by atoms with van der Waals surface area (Å²) in [6.07, 6.45) is 2.20. The molecule has 1 aromatic rings. The number of halogens is 2. The molecule has 100 valence electrons. The molecule has 18 heavy (non-hydrogen) atoms. The number of rotatable bonds is 4. The number of benzene rings is 1. The third-order valence-electron chi connectivity index (χ3n) is 3.48. The Morgan fingerprint density at radius 1 is 1.33 bits per heavy atom. The first-order chi connectivity index (χ1) is 8.72. The van der Waals surface area contributed by atoms with Crippen LogP contribution in [0.15, 0.2) is 18.2 Å². The monoisotopic (exact) mass is 271 g/mol. The fourth-order valence-electron chi connectivity index (χ4n) is 2.49. The summed E-state index contributed by atoms with van der Waals surface area (Å²) in [6.45, 7) is 2.74. The van der Waals surface area contributed by atoms with E-state index in [0.29, 0.717) is 11.8 Å². The molecule has 1 aliphatic rings. The summed E-state index contributed by atoms with van der Waals surface area (Å²) < 4.78 is 18.6. The fourth-order valence-corrected chi connectivity index (χ4v) is 2.64. The van der Waals surface area contributed by atoms with Crippen molar-refractivity contribution in [2.75, 3.05) is 31.7 Å². The highest BCUT2D eigenvalue weighted by Crippen LogP contribution is 2.25. The molecule has 4 heteroatoms. The Morgan fingerprint density at radius 3 is 2.67 bits per heavy atom. The third kappa shape index (κ3) is 3.36. The van der Waals surface area contributed by atoms with Gasteiger partial charge in [0.1, 0.15) is 5.82 Å². The number of piperidine rings is 1. The van der Waals surface area contributed by atoms with Crippen molar-refractivity contribution < 1.29 is 9.13 Å². The predicted molar refractivity (Wildman–Crippen MR) is 72.8 cm³/mol. The highest BCUT2D eigenvalue weighted by molar-refractivity contribution is 6.17. The minimum Gasteiger partial charge on any atom is -0.384 e. The molecule has 1 heterocycles. The molecule has 0 unspecified atom stereocenters. The van der Waals surface area contributed by atoms with Gasteiger partial charge < -0.3 is 9.64 Å². The van der Waals surface area contributed by atoms with Crippen molar-refractivity contribution in [2.24, 2.45) is 5.92 Å². The van der Waals surface area contributed by atoms with Gasteiger partial charge in [-0.05, 0) is 42.5 Å². The van der Waals surface area contributed by atoms with Crippen molar-refractivity contribution >= 4 is 17.3 Å². The Balaban J connectivity index is 2.02. The number of ether oxygens (including phenoxy) is 1. The molecule has 1 aliphatic heterocycles. The van der Waals surface area contributed by atoms with Crippen molar-refractivity contribution in [1.29, 1.82) is 0 Å².